The van der Waals surface area contributed by atoms with Crippen LogP contribution in [0.1, 0.15) is 46.0 Å². The van der Waals surface area contributed by atoms with Crippen molar-refractivity contribution >= 4 is 5.91 Å². The van der Waals surface area contributed by atoms with Gasteiger partial charge in [-0.05, 0) is 32.2 Å². The van der Waals surface area contributed by atoms with Crippen molar-refractivity contribution in [1.82, 2.24) is 15.5 Å². The van der Waals surface area contributed by atoms with Crippen molar-refractivity contribution in [3.8, 4) is 0 Å². The summed E-state index contributed by atoms with van der Waals surface area (Å²) >= 11 is 0. The van der Waals surface area contributed by atoms with Crippen LogP contribution in [-0.4, -0.2) is 49.1 Å². The van der Waals surface area contributed by atoms with E-state index in [9.17, 15) is 4.79 Å². The number of rotatable bonds is 4. The summed E-state index contributed by atoms with van der Waals surface area (Å²) in [6, 6.07) is 1.25. The van der Waals surface area contributed by atoms with Gasteiger partial charge in [-0.3, -0.25) is 4.79 Å². The van der Waals surface area contributed by atoms with Gasteiger partial charge in [0.15, 0.2) is 0 Å². The largest absolute Gasteiger partial charge is 0.342 e. The van der Waals surface area contributed by atoms with E-state index in [1.165, 1.54) is 25.8 Å². The Morgan fingerprint density at radius 1 is 1.26 bits per heavy atom. The first-order chi connectivity index (χ1) is 9.16. The molecule has 2 aliphatic rings. The molecule has 2 fully saturated rings. The maximum atomic E-state index is 11.9. The number of piperidine rings is 2. The Morgan fingerprint density at radius 2 is 2.00 bits per heavy atom. The molecule has 2 heterocycles. The minimum atomic E-state index is 0.135. The van der Waals surface area contributed by atoms with Crippen LogP contribution in [0.15, 0.2) is 0 Å². The lowest BCUT2D eigenvalue weighted by atomic mass is 10.0. The Labute approximate surface area is 117 Å². The van der Waals surface area contributed by atoms with E-state index in [1.807, 2.05) is 18.7 Å². The predicted octanol–water partition coefficient (Wildman–Crippen LogP) is 1.37. The van der Waals surface area contributed by atoms with Crippen LogP contribution in [0.4, 0.5) is 0 Å². The number of carbonyl (C=O) groups is 1. The summed E-state index contributed by atoms with van der Waals surface area (Å²) in [4.78, 5) is 13.9. The summed E-state index contributed by atoms with van der Waals surface area (Å²) in [6.45, 7) is 8.08. The molecule has 2 N–H and O–H groups in total. The Bertz CT molecular complexity index is 279. The topological polar surface area (TPSA) is 44.4 Å². The molecule has 0 aliphatic carbocycles. The normalized spacial score (nSPS) is 25.8. The molecule has 1 amide bonds. The van der Waals surface area contributed by atoms with Crippen LogP contribution in [0.5, 0.6) is 0 Å². The minimum Gasteiger partial charge on any atom is -0.342 e. The fraction of sp³-hybridized carbons (Fsp3) is 0.933. The van der Waals surface area contributed by atoms with Gasteiger partial charge >= 0.3 is 0 Å². The molecular formula is C15H29N3O. The van der Waals surface area contributed by atoms with Gasteiger partial charge in [-0.2, -0.15) is 0 Å². The Balaban J connectivity index is 1.64. The van der Waals surface area contributed by atoms with E-state index in [0.717, 1.165) is 32.5 Å². The van der Waals surface area contributed by atoms with E-state index < -0.39 is 0 Å². The lowest BCUT2D eigenvalue weighted by molar-refractivity contribution is -0.135. The van der Waals surface area contributed by atoms with Crippen LogP contribution in [0.2, 0.25) is 0 Å². The van der Waals surface area contributed by atoms with Crippen LogP contribution in [0.25, 0.3) is 0 Å². The molecule has 4 heteroatoms. The molecular weight excluding hydrogens is 238 g/mol. The molecule has 2 saturated heterocycles. The molecule has 4 nitrogen and oxygen atoms in total. The lowest BCUT2D eigenvalue weighted by Gasteiger charge is -2.34. The molecule has 0 spiro atoms. The first-order valence-corrected chi connectivity index (χ1v) is 7.92. The van der Waals surface area contributed by atoms with E-state index in [4.69, 9.17) is 0 Å². The number of nitrogens with one attached hydrogen (secondary N) is 2. The van der Waals surface area contributed by atoms with Crippen molar-refractivity contribution in [2.75, 3.05) is 26.2 Å². The molecule has 0 bridgehead atoms. The van der Waals surface area contributed by atoms with Gasteiger partial charge < -0.3 is 15.5 Å². The Kier molecular flexibility index (Phi) is 5.64. The fourth-order valence-electron chi connectivity index (χ4n) is 3.08. The first-order valence-electron chi connectivity index (χ1n) is 7.92. The second-order valence-corrected chi connectivity index (χ2v) is 6.31. The highest BCUT2D eigenvalue weighted by Crippen LogP contribution is 2.14. The Morgan fingerprint density at radius 3 is 2.58 bits per heavy atom. The van der Waals surface area contributed by atoms with Crippen LogP contribution >= 0.6 is 0 Å². The standard InChI is InChI=1S/C15H29N3O/c1-12(2)15(19)18-9-6-13(7-10-18)17-11-14-5-3-4-8-16-14/h12-14,16-17H,3-11H2,1-2H3. The average molecular weight is 267 g/mol. The van der Waals surface area contributed by atoms with E-state index in [2.05, 4.69) is 10.6 Å². The van der Waals surface area contributed by atoms with Crippen molar-refractivity contribution in [2.45, 2.75) is 58.0 Å². The lowest BCUT2D eigenvalue weighted by Crippen LogP contribution is -2.49. The van der Waals surface area contributed by atoms with Gasteiger partial charge in [0.05, 0.1) is 0 Å². The highest BCUT2D eigenvalue weighted by Gasteiger charge is 2.24. The number of amides is 1. The Hall–Kier alpha value is -0.610. The summed E-state index contributed by atoms with van der Waals surface area (Å²) in [5.74, 6) is 0.448. The number of hydrogen-bond donors (Lipinski definition) is 2. The van der Waals surface area contributed by atoms with Gasteiger partial charge in [0.1, 0.15) is 0 Å². The predicted molar refractivity (Wildman–Crippen MR) is 78.1 cm³/mol. The van der Waals surface area contributed by atoms with Gasteiger partial charge in [-0.1, -0.05) is 20.3 Å². The molecule has 0 aromatic rings. The summed E-state index contributed by atoms with van der Waals surface area (Å²) < 4.78 is 0. The zero-order chi connectivity index (χ0) is 13.7. The van der Waals surface area contributed by atoms with Gasteiger partial charge in [0.25, 0.3) is 0 Å². The summed E-state index contributed by atoms with van der Waals surface area (Å²) in [5.41, 5.74) is 0. The maximum absolute atomic E-state index is 11.9. The molecule has 0 aromatic carbocycles. The number of likely N-dealkylation sites (tertiary alicyclic amines) is 1. The molecule has 0 saturated carbocycles. The van der Waals surface area contributed by atoms with Gasteiger partial charge in [0, 0.05) is 37.6 Å². The van der Waals surface area contributed by atoms with E-state index in [1.54, 1.807) is 0 Å². The van der Waals surface area contributed by atoms with Crippen molar-refractivity contribution in [3.63, 3.8) is 0 Å². The second kappa shape index (κ2) is 7.25. The molecule has 1 unspecified atom stereocenters. The van der Waals surface area contributed by atoms with Crippen LogP contribution in [0, 0.1) is 5.92 Å². The highest BCUT2D eigenvalue weighted by molar-refractivity contribution is 5.78. The zero-order valence-electron chi connectivity index (χ0n) is 12.5. The van der Waals surface area contributed by atoms with Crippen LogP contribution in [-0.2, 0) is 4.79 Å². The molecule has 0 radical (unpaired) electrons. The maximum Gasteiger partial charge on any atom is 0.225 e. The number of hydrogen-bond acceptors (Lipinski definition) is 3. The van der Waals surface area contributed by atoms with Crippen molar-refractivity contribution in [3.05, 3.63) is 0 Å². The molecule has 2 rings (SSSR count). The van der Waals surface area contributed by atoms with E-state index >= 15 is 0 Å². The third-order valence-electron chi connectivity index (χ3n) is 4.37. The van der Waals surface area contributed by atoms with Crippen molar-refractivity contribution in [2.24, 2.45) is 5.92 Å². The third-order valence-corrected chi connectivity index (χ3v) is 4.37. The smallest absolute Gasteiger partial charge is 0.225 e. The summed E-state index contributed by atoms with van der Waals surface area (Å²) in [6.07, 6.45) is 6.20. The number of nitrogens with zero attached hydrogens (tertiary/aromatic N) is 1. The third kappa shape index (κ3) is 4.46. The zero-order valence-corrected chi connectivity index (χ0v) is 12.5. The molecule has 110 valence electrons. The SMILES string of the molecule is CC(C)C(=O)N1CCC(NCC2CCCCN2)CC1. The van der Waals surface area contributed by atoms with Crippen LogP contribution in [0.3, 0.4) is 0 Å². The monoisotopic (exact) mass is 267 g/mol. The fourth-order valence-corrected chi connectivity index (χ4v) is 3.08. The van der Waals surface area contributed by atoms with Crippen LogP contribution < -0.4 is 10.6 Å². The highest BCUT2D eigenvalue weighted by atomic mass is 16.2. The number of carbonyl (C=O) groups excluding carboxylic acids is 1. The quantitative estimate of drug-likeness (QED) is 0.808. The van der Waals surface area contributed by atoms with Gasteiger partial charge in [-0.25, -0.2) is 0 Å². The average Bonchev–Trinajstić information content (AvgIpc) is 2.46. The molecule has 2 aliphatic heterocycles. The van der Waals surface area contributed by atoms with E-state index in [-0.39, 0.29) is 5.92 Å². The summed E-state index contributed by atoms with van der Waals surface area (Å²) in [5, 5.41) is 7.25. The van der Waals surface area contributed by atoms with Gasteiger partial charge in [-0.15, -0.1) is 0 Å². The minimum absolute atomic E-state index is 0.135. The van der Waals surface area contributed by atoms with E-state index in [0.29, 0.717) is 18.0 Å². The second-order valence-electron chi connectivity index (χ2n) is 6.31. The van der Waals surface area contributed by atoms with Gasteiger partial charge in [0.2, 0.25) is 5.91 Å². The van der Waals surface area contributed by atoms with Crippen molar-refractivity contribution < 1.29 is 4.79 Å². The molecule has 0 aromatic heterocycles. The molecule has 1 atom stereocenters. The van der Waals surface area contributed by atoms with Crippen molar-refractivity contribution in [1.29, 1.82) is 0 Å². The molecule has 19 heavy (non-hydrogen) atoms. The first kappa shape index (κ1) is 14.8. The summed E-state index contributed by atoms with van der Waals surface area (Å²) in [7, 11) is 0.